The molecule has 0 amide bonds. The molecule has 1 saturated heterocycles. The molecule has 0 aromatic carbocycles. The third-order valence-corrected chi connectivity index (χ3v) is 7.73. The summed E-state index contributed by atoms with van der Waals surface area (Å²) in [6.07, 6.45) is 7.80. The summed E-state index contributed by atoms with van der Waals surface area (Å²) >= 11 is 0. The molecule has 1 atom stereocenters. The fourth-order valence-electron chi connectivity index (χ4n) is 4.05. The van der Waals surface area contributed by atoms with Crippen molar-refractivity contribution < 1.29 is 18.3 Å². The second-order valence-corrected chi connectivity index (χ2v) is 9.63. The summed E-state index contributed by atoms with van der Waals surface area (Å²) in [5.41, 5.74) is 0.878. The van der Waals surface area contributed by atoms with Crippen molar-refractivity contribution in [1.29, 1.82) is 0 Å². The monoisotopic (exact) mass is 385 g/mol. The molecule has 148 valence electrons. The van der Waals surface area contributed by atoms with Crippen molar-refractivity contribution in [1.82, 2.24) is 14.5 Å². The number of aliphatic hydroxyl groups is 1. The average Bonchev–Trinajstić information content (AvgIpc) is 3.09. The second kappa shape index (κ2) is 8.82. The molecule has 2 fully saturated rings. The third-order valence-electron chi connectivity index (χ3n) is 5.55. The Morgan fingerprint density at radius 2 is 1.96 bits per heavy atom. The Labute approximate surface area is 156 Å². The first-order valence-electron chi connectivity index (χ1n) is 9.70. The number of hydrogen-bond acceptors (Lipinski definition) is 6. The van der Waals surface area contributed by atoms with E-state index in [2.05, 4.69) is 9.88 Å². The van der Waals surface area contributed by atoms with Crippen molar-refractivity contribution in [3.63, 3.8) is 0 Å². The summed E-state index contributed by atoms with van der Waals surface area (Å²) in [5, 5.41) is 9.61. The topological polar surface area (TPSA) is 84.7 Å². The molecule has 7 nitrogen and oxygen atoms in total. The van der Waals surface area contributed by atoms with E-state index in [0.717, 1.165) is 57.2 Å². The largest absolute Gasteiger partial charge is 0.392 e. The van der Waals surface area contributed by atoms with Crippen molar-refractivity contribution in [3.8, 4) is 0 Å². The predicted octanol–water partition coefficient (Wildman–Crippen LogP) is 1.59. The molecule has 0 unspecified atom stereocenters. The van der Waals surface area contributed by atoms with Crippen LogP contribution in [-0.2, 0) is 27.7 Å². The van der Waals surface area contributed by atoms with Gasteiger partial charge < -0.3 is 14.4 Å². The lowest BCUT2D eigenvalue weighted by atomic mass is 10.2. The van der Waals surface area contributed by atoms with Crippen molar-refractivity contribution >= 4 is 9.84 Å². The number of aliphatic hydroxyl groups excluding tert-OH is 1. The van der Waals surface area contributed by atoms with Gasteiger partial charge in [0.1, 0.15) is 0 Å². The number of hydrogen-bond donors (Lipinski definition) is 1. The normalized spacial score (nSPS) is 23.4. The van der Waals surface area contributed by atoms with E-state index in [-0.39, 0.29) is 16.5 Å². The van der Waals surface area contributed by atoms with E-state index in [1.165, 1.54) is 0 Å². The van der Waals surface area contributed by atoms with Gasteiger partial charge in [-0.1, -0.05) is 25.7 Å². The first-order valence-corrected chi connectivity index (χ1v) is 11.2. The summed E-state index contributed by atoms with van der Waals surface area (Å²) < 4.78 is 33.5. The van der Waals surface area contributed by atoms with Gasteiger partial charge in [0.2, 0.25) is 15.0 Å². The Bertz CT molecular complexity index is 681. The first kappa shape index (κ1) is 19.8. The lowest BCUT2D eigenvalue weighted by molar-refractivity contribution is 0.170. The van der Waals surface area contributed by atoms with E-state index < -0.39 is 9.84 Å². The van der Waals surface area contributed by atoms with Crippen molar-refractivity contribution in [3.05, 3.63) is 11.9 Å². The van der Waals surface area contributed by atoms with Gasteiger partial charge in [-0.05, 0) is 19.3 Å². The summed E-state index contributed by atoms with van der Waals surface area (Å²) in [5.74, 6) is 0. The highest BCUT2D eigenvalue weighted by molar-refractivity contribution is 7.91. The zero-order valence-corrected chi connectivity index (χ0v) is 16.5. The Morgan fingerprint density at radius 3 is 2.58 bits per heavy atom. The van der Waals surface area contributed by atoms with Crippen LogP contribution in [0.2, 0.25) is 0 Å². The van der Waals surface area contributed by atoms with Gasteiger partial charge >= 0.3 is 0 Å². The van der Waals surface area contributed by atoms with Crippen LogP contribution in [-0.4, -0.2) is 66.1 Å². The average molecular weight is 386 g/mol. The van der Waals surface area contributed by atoms with Gasteiger partial charge in [0, 0.05) is 33.3 Å². The van der Waals surface area contributed by atoms with E-state index in [4.69, 9.17) is 4.74 Å². The molecule has 1 aliphatic heterocycles. The zero-order valence-electron chi connectivity index (χ0n) is 15.6. The van der Waals surface area contributed by atoms with E-state index in [0.29, 0.717) is 26.2 Å². The van der Waals surface area contributed by atoms with Crippen LogP contribution < -0.4 is 0 Å². The minimum absolute atomic E-state index is 0.191. The molecule has 8 heteroatoms. The van der Waals surface area contributed by atoms with Crippen LogP contribution in [0.1, 0.15) is 50.6 Å². The molecule has 0 radical (unpaired) electrons. The highest BCUT2D eigenvalue weighted by Crippen LogP contribution is 2.28. The number of sulfone groups is 1. The van der Waals surface area contributed by atoms with E-state index >= 15 is 0 Å². The van der Waals surface area contributed by atoms with Crippen LogP contribution >= 0.6 is 0 Å². The van der Waals surface area contributed by atoms with Gasteiger partial charge in [-0.2, -0.15) is 0 Å². The van der Waals surface area contributed by atoms with E-state index in [1.807, 2.05) is 4.57 Å². The number of likely N-dealkylation sites (tertiary alicyclic amines) is 1. The minimum atomic E-state index is -3.44. The Hall–Kier alpha value is -0.960. The molecule has 3 rings (SSSR count). The maximum absolute atomic E-state index is 13.2. The van der Waals surface area contributed by atoms with Crippen molar-refractivity contribution in [2.75, 3.05) is 26.8 Å². The SMILES string of the molecule is COCCn1c(CN2CC[C@H](O)C2)cnc1S(=O)(=O)C1CCCCCC1. The summed E-state index contributed by atoms with van der Waals surface area (Å²) in [6, 6.07) is 0. The molecule has 1 saturated carbocycles. The smallest absolute Gasteiger partial charge is 0.228 e. The lowest BCUT2D eigenvalue weighted by Crippen LogP contribution is -2.27. The standard InChI is InChI=1S/C18H31N3O4S/c1-25-11-10-21-15(13-20-9-8-16(22)14-20)12-19-18(21)26(23,24)17-6-4-2-3-5-7-17/h12,16-17,22H,2-11,13-14H2,1H3/t16-/m0/s1. The van der Waals surface area contributed by atoms with Gasteiger partial charge in [0.15, 0.2) is 0 Å². The molecule has 1 N–H and O–H groups in total. The summed E-state index contributed by atoms with van der Waals surface area (Å²) in [7, 11) is -1.82. The Balaban J connectivity index is 1.85. The van der Waals surface area contributed by atoms with Gasteiger partial charge in [-0.25, -0.2) is 13.4 Å². The minimum Gasteiger partial charge on any atom is -0.392 e. The molecule has 1 aliphatic carbocycles. The summed E-state index contributed by atoms with van der Waals surface area (Å²) in [4.78, 5) is 6.48. The van der Waals surface area contributed by atoms with Crippen LogP contribution in [0.3, 0.4) is 0 Å². The molecule has 26 heavy (non-hydrogen) atoms. The predicted molar refractivity (Wildman–Crippen MR) is 98.7 cm³/mol. The molecular weight excluding hydrogens is 354 g/mol. The first-order chi connectivity index (χ1) is 12.5. The lowest BCUT2D eigenvalue weighted by Gasteiger charge is -2.19. The van der Waals surface area contributed by atoms with Crippen LogP contribution in [0.4, 0.5) is 0 Å². The molecule has 1 aromatic heterocycles. The summed E-state index contributed by atoms with van der Waals surface area (Å²) in [6.45, 7) is 2.97. The highest BCUT2D eigenvalue weighted by atomic mass is 32.2. The van der Waals surface area contributed by atoms with Crippen molar-refractivity contribution in [2.24, 2.45) is 0 Å². The van der Waals surface area contributed by atoms with Crippen molar-refractivity contribution in [2.45, 2.75) is 74.5 Å². The second-order valence-electron chi connectivity index (χ2n) is 7.51. The molecule has 2 heterocycles. The number of rotatable bonds is 7. The van der Waals surface area contributed by atoms with Gasteiger partial charge in [-0.15, -0.1) is 0 Å². The molecule has 1 aromatic rings. The number of imidazole rings is 1. The van der Waals surface area contributed by atoms with E-state index in [1.54, 1.807) is 13.3 Å². The number of nitrogens with zero attached hydrogens (tertiary/aromatic N) is 3. The van der Waals surface area contributed by atoms with E-state index in [9.17, 15) is 13.5 Å². The van der Waals surface area contributed by atoms with Crippen LogP contribution in [0.5, 0.6) is 0 Å². The molecule has 2 aliphatic rings. The molecular formula is C18H31N3O4S. The van der Waals surface area contributed by atoms with Crippen LogP contribution in [0.25, 0.3) is 0 Å². The van der Waals surface area contributed by atoms with Crippen LogP contribution in [0, 0.1) is 0 Å². The molecule has 0 bridgehead atoms. The zero-order chi connectivity index (χ0) is 18.6. The fourth-order valence-corrected chi connectivity index (χ4v) is 6.02. The maximum Gasteiger partial charge on any atom is 0.228 e. The number of ether oxygens (including phenoxy) is 1. The van der Waals surface area contributed by atoms with Gasteiger partial charge in [-0.3, -0.25) is 4.90 Å². The fraction of sp³-hybridized carbons (Fsp3) is 0.833. The maximum atomic E-state index is 13.2. The number of methoxy groups -OCH3 is 1. The quantitative estimate of drug-likeness (QED) is 0.718. The number of aromatic nitrogens is 2. The highest BCUT2D eigenvalue weighted by Gasteiger charge is 2.33. The molecule has 0 spiro atoms. The Morgan fingerprint density at radius 1 is 1.23 bits per heavy atom. The Kier molecular flexibility index (Phi) is 6.71. The van der Waals surface area contributed by atoms with Gasteiger partial charge in [0.25, 0.3) is 0 Å². The van der Waals surface area contributed by atoms with Crippen LogP contribution in [0.15, 0.2) is 11.4 Å². The third kappa shape index (κ3) is 4.47. The van der Waals surface area contributed by atoms with Gasteiger partial charge in [0.05, 0.1) is 29.9 Å². The number of β-amino-alcohol motifs (C(OH)–C–C–N with tert-alkyl or cyclic N) is 1.